The van der Waals surface area contributed by atoms with Gasteiger partial charge in [-0.3, -0.25) is 9.59 Å². The van der Waals surface area contributed by atoms with Gasteiger partial charge in [-0.1, -0.05) is 43.2 Å². The zero-order valence-corrected chi connectivity index (χ0v) is 15.1. The summed E-state index contributed by atoms with van der Waals surface area (Å²) in [7, 11) is 0. The van der Waals surface area contributed by atoms with Crippen LogP contribution in [0.25, 0.3) is 0 Å². The van der Waals surface area contributed by atoms with Crippen LogP contribution >= 0.6 is 0 Å². The number of carbonyl (C=O) groups excluding carboxylic acids is 2. The molecule has 5 nitrogen and oxygen atoms in total. The second kappa shape index (κ2) is 8.81. The van der Waals surface area contributed by atoms with Crippen molar-refractivity contribution in [1.82, 2.24) is 9.88 Å². The van der Waals surface area contributed by atoms with Crippen LogP contribution in [0.5, 0.6) is 0 Å². The average molecular weight is 353 g/mol. The Balaban J connectivity index is 1.59. The number of hydrogen-bond donors (Lipinski definition) is 2. The lowest BCUT2D eigenvalue weighted by Crippen LogP contribution is -2.29. The van der Waals surface area contributed by atoms with E-state index in [0.717, 1.165) is 44.3 Å². The number of aromatic nitrogens is 1. The minimum Gasteiger partial charge on any atom is -0.356 e. The summed E-state index contributed by atoms with van der Waals surface area (Å²) >= 11 is 0. The van der Waals surface area contributed by atoms with Crippen LogP contribution in [0.4, 0.5) is 0 Å². The van der Waals surface area contributed by atoms with Crippen LogP contribution in [-0.4, -0.2) is 29.3 Å². The largest absolute Gasteiger partial charge is 0.356 e. The second-order valence-corrected chi connectivity index (χ2v) is 6.83. The Kier molecular flexibility index (Phi) is 6.23. The first-order valence-corrected chi connectivity index (χ1v) is 9.49. The van der Waals surface area contributed by atoms with E-state index >= 15 is 0 Å². The predicted octanol–water partition coefficient (Wildman–Crippen LogP) is 2.84. The molecule has 2 aromatic rings. The third kappa shape index (κ3) is 4.05. The summed E-state index contributed by atoms with van der Waals surface area (Å²) in [6.45, 7) is 2.15. The molecule has 0 fully saturated rings. The summed E-state index contributed by atoms with van der Waals surface area (Å²) in [6, 6.07) is 13.1. The normalized spacial score (nSPS) is 15.7. The molecular formula is C21H27N3O2. The van der Waals surface area contributed by atoms with E-state index in [4.69, 9.17) is 5.73 Å². The number of hydrogen-bond acceptors (Lipinski definition) is 3. The van der Waals surface area contributed by atoms with Crippen molar-refractivity contribution >= 4 is 11.7 Å². The number of nitrogens with one attached hydrogen (secondary N) is 1. The highest BCUT2D eigenvalue weighted by molar-refractivity contribution is 6.08. The molecule has 0 aliphatic carbocycles. The van der Waals surface area contributed by atoms with E-state index in [0.29, 0.717) is 24.3 Å². The van der Waals surface area contributed by atoms with Crippen molar-refractivity contribution in [3.8, 4) is 0 Å². The maximum Gasteiger partial charge on any atom is 0.229 e. The van der Waals surface area contributed by atoms with Gasteiger partial charge in [-0.05, 0) is 37.9 Å². The van der Waals surface area contributed by atoms with Crippen LogP contribution in [-0.2, 0) is 11.3 Å². The molecule has 1 aromatic heterocycles. The van der Waals surface area contributed by atoms with Crippen LogP contribution in [0.2, 0.25) is 0 Å². The van der Waals surface area contributed by atoms with Crippen molar-refractivity contribution in [3.63, 3.8) is 0 Å². The Bertz CT molecular complexity index is 752. The van der Waals surface area contributed by atoms with Crippen LogP contribution in [0.3, 0.4) is 0 Å². The van der Waals surface area contributed by atoms with E-state index in [1.165, 1.54) is 0 Å². The molecule has 0 saturated carbocycles. The van der Waals surface area contributed by atoms with E-state index in [9.17, 15) is 9.59 Å². The topological polar surface area (TPSA) is 77.1 Å². The predicted molar refractivity (Wildman–Crippen MR) is 102 cm³/mol. The van der Waals surface area contributed by atoms with Gasteiger partial charge in [0.25, 0.3) is 0 Å². The Morgan fingerprint density at radius 1 is 1.04 bits per heavy atom. The highest BCUT2D eigenvalue weighted by atomic mass is 16.2. The number of benzene rings is 1. The molecule has 0 spiro atoms. The number of ketones is 1. The van der Waals surface area contributed by atoms with Crippen molar-refractivity contribution < 1.29 is 9.59 Å². The Morgan fingerprint density at radius 2 is 1.81 bits per heavy atom. The van der Waals surface area contributed by atoms with Gasteiger partial charge in [0, 0.05) is 24.3 Å². The lowest BCUT2D eigenvalue weighted by atomic mass is 10.0. The van der Waals surface area contributed by atoms with E-state index in [2.05, 4.69) is 5.32 Å². The smallest absolute Gasteiger partial charge is 0.229 e. The van der Waals surface area contributed by atoms with Gasteiger partial charge in [0.05, 0.1) is 11.6 Å². The van der Waals surface area contributed by atoms with E-state index in [-0.39, 0.29) is 17.6 Å². The molecule has 1 amide bonds. The first-order valence-electron chi connectivity index (χ1n) is 9.49. The molecule has 26 heavy (non-hydrogen) atoms. The van der Waals surface area contributed by atoms with Crippen molar-refractivity contribution in [2.24, 2.45) is 5.73 Å². The number of rotatable bonds is 9. The van der Waals surface area contributed by atoms with Gasteiger partial charge >= 0.3 is 0 Å². The highest BCUT2D eigenvalue weighted by Gasteiger charge is 2.31. The van der Waals surface area contributed by atoms with Crippen LogP contribution in [0, 0.1) is 0 Å². The number of amides is 1. The third-order valence-corrected chi connectivity index (χ3v) is 5.03. The average Bonchev–Trinajstić information content (AvgIpc) is 3.26. The molecule has 1 aliphatic heterocycles. The molecule has 3 N–H and O–H groups in total. The SMILES string of the molecule is NCCCCCCNC(=O)C1CCn2c(C(=O)c3ccccc3)ccc21. The van der Waals surface area contributed by atoms with Gasteiger partial charge in [-0.25, -0.2) is 0 Å². The van der Waals surface area contributed by atoms with Gasteiger partial charge in [0.1, 0.15) is 0 Å². The number of nitrogens with two attached hydrogens (primary N) is 1. The van der Waals surface area contributed by atoms with Crippen LogP contribution in [0.15, 0.2) is 42.5 Å². The van der Waals surface area contributed by atoms with E-state index in [1.807, 2.05) is 47.0 Å². The molecular weight excluding hydrogens is 326 g/mol. The summed E-state index contributed by atoms with van der Waals surface area (Å²) < 4.78 is 2.00. The molecule has 5 heteroatoms. The van der Waals surface area contributed by atoms with Crippen molar-refractivity contribution in [2.75, 3.05) is 13.1 Å². The zero-order valence-electron chi connectivity index (χ0n) is 15.1. The Hall–Kier alpha value is -2.40. The molecule has 0 bridgehead atoms. The Morgan fingerprint density at radius 3 is 2.58 bits per heavy atom. The highest BCUT2D eigenvalue weighted by Crippen LogP contribution is 2.31. The fourth-order valence-corrected chi connectivity index (χ4v) is 3.60. The maximum absolute atomic E-state index is 12.7. The van der Waals surface area contributed by atoms with Gasteiger partial charge in [-0.2, -0.15) is 0 Å². The Labute approximate surface area is 154 Å². The number of nitrogens with zero attached hydrogens (tertiary/aromatic N) is 1. The van der Waals surface area contributed by atoms with Crippen molar-refractivity contribution in [3.05, 3.63) is 59.4 Å². The molecule has 1 atom stereocenters. The quantitative estimate of drug-likeness (QED) is 0.537. The molecule has 0 saturated heterocycles. The number of carbonyl (C=O) groups is 2. The standard InChI is InChI=1S/C21H27N3O2/c22-13-6-1-2-7-14-23-21(26)17-12-15-24-18(17)10-11-19(24)20(25)16-8-4-3-5-9-16/h3-5,8-11,17H,1-2,6-7,12-15,22H2,(H,23,26). The number of fused-ring (bicyclic) bond motifs is 1. The van der Waals surface area contributed by atoms with Crippen molar-refractivity contribution in [1.29, 1.82) is 0 Å². The molecule has 1 aliphatic rings. The molecule has 1 aromatic carbocycles. The first-order chi connectivity index (χ1) is 12.7. The molecule has 3 rings (SSSR count). The summed E-state index contributed by atoms with van der Waals surface area (Å²) in [5, 5.41) is 3.04. The minimum absolute atomic E-state index is 0.0119. The molecule has 138 valence electrons. The summed E-state index contributed by atoms with van der Waals surface area (Å²) in [5.74, 6) is -0.0754. The lowest BCUT2D eigenvalue weighted by Gasteiger charge is -2.10. The van der Waals surface area contributed by atoms with Crippen LogP contribution in [0.1, 0.15) is 59.8 Å². The molecule has 2 heterocycles. The number of unbranched alkanes of at least 4 members (excludes halogenated alkanes) is 3. The monoisotopic (exact) mass is 353 g/mol. The van der Waals surface area contributed by atoms with E-state index in [1.54, 1.807) is 0 Å². The van der Waals surface area contributed by atoms with Gasteiger partial charge in [0.15, 0.2) is 0 Å². The van der Waals surface area contributed by atoms with Gasteiger partial charge < -0.3 is 15.6 Å². The first kappa shape index (κ1) is 18.4. The minimum atomic E-state index is -0.156. The fourth-order valence-electron chi connectivity index (χ4n) is 3.60. The van der Waals surface area contributed by atoms with Crippen molar-refractivity contribution in [2.45, 2.75) is 44.6 Å². The van der Waals surface area contributed by atoms with Gasteiger partial charge in [0.2, 0.25) is 11.7 Å². The summed E-state index contributed by atoms with van der Waals surface area (Å²) in [5.41, 5.74) is 7.78. The van der Waals surface area contributed by atoms with Crippen LogP contribution < -0.4 is 11.1 Å². The van der Waals surface area contributed by atoms with E-state index < -0.39 is 0 Å². The summed E-state index contributed by atoms with van der Waals surface area (Å²) in [6.07, 6.45) is 4.99. The molecule has 1 unspecified atom stereocenters. The fraction of sp³-hybridized carbons (Fsp3) is 0.429. The summed E-state index contributed by atoms with van der Waals surface area (Å²) in [4.78, 5) is 25.2. The zero-order chi connectivity index (χ0) is 18.4. The maximum atomic E-state index is 12.7. The third-order valence-electron chi connectivity index (χ3n) is 5.03. The lowest BCUT2D eigenvalue weighted by molar-refractivity contribution is -0.122. The second-order valence-electron chi connectivity index (χ2n) is 6.83. The molecule has 0 radical (unpaired) electrons. The van der Waals surface area contributed by atoms with Gasteiger partial charge in [-0.15, -0.1) is 0 Å².